The second kappa shape index (κ2) is 4.97. The average molecular weight is 186 g/mol. The first-order valence-electron chi connectivity index (χ1n) is 5.24. The third-order valence-electron chi connectivity index (χ3n) is 2.94. The highest BCUT2D eigenvalue weighted by molar-refractivity contribution is 4.80. The maximum atomic E-state index is 6.10. The molecule has 0 bridgehead atoms. The van der Waals surface area contributed by atoms with Crippen LogP contribution in [0.1, 0.15) is 41.0 Å². The van der Waals surface area contributed by atoms with Crippen LogP contribution >= 0.6 is 0 Å². The van der Waals surface area contributed by atoms with Crippen LogP contribution in [0.15, 0.2) is 0 Å². The minimum atomic E-state index is 0.210. The molecule has 0 saturated carbocycles. The van der Waals surface area contributed by atoms with E-state index in [1.165, 1.54) is 6.42 Å². The molecule has 0 amide bonds. The van der Waals surface area contributed by atoms with Crippen molar-refractivity contribution >= 4 is 0 Å². The lowest BCUT2D eigenvalue weighted by molar-refractivity contribution is 0.187. The zero-order valence-corrected chi connectivity index (χ0v) is 10.1. The molecule has 0 aromatic heterocycles. The molecule has 2 unspecified atom stereocenters. The van der Waals surface area contributed by atoms with Gasteiger partial charge < -0.3 is 10.6 Å². The second-order valence-electron chi connectivity index (χ2n) is 5.17. The largest absolute Gasteiger partial charge is 0.326 e. The summed E-state index contributed by atoms with van der Waals surface area (Å²) in [4.78, 5) is 2.34. The van der Waals surface area contributed by atoms with E-state index in [9.17, 15) is 0 Å². The molecule has 13 heavy (non-hydrogen) atoms. The molecule has 0 aromatic carbocycles. The van der Waals surface area contributed by atoms with Crippen molar-refractivity contribution in [2.75, 3.05) is 13.6 Å². The van der Waals surface area contributed by atoms with E-state index >= 15 is 0 Å². The van der Waals surface area contributed by atoms with Gasteiger partial charge in [-0.1, -0.05) is 27.7 Å². The van der Waals surface area contributed by atoms with Crippen LogP contribution in [-0.2, 0) is 0 Å². The minimum Gasteiger partial charge on any atom is -0.326 e. The van der Waals surface area contributed by atoms with E-state index in [1.54, 1.807) is 0 Å². The van der Waals surface area contributed by atoms with Gasteiger partial charge in [0, 0.05) is 18.6 Å². The fourth-order valence-corrected chi connectivity index (χ4v) is 1.08. The first-order valence-corrected chi connectivity index (χ1v) is 5.24. The maximum Gasteiger partial charge on any atom is 0.0217 e. The molecule has 80 valence electrons. The molecule has 0 aliphatic rings. The van der Waals surface area contributed by atoms with Gasteiger partial charge in [-0.2, -0.15) is 0 Å². The van der Waals surface area contributed by atoms with E-state index in [0.717, 1.165) is 6.54 Å². The van der Waals surface area contributed by atoms with Crippen LogP contribution in [0.4, 0.5) is 0 Å². The molecule has 2 heteroatoms. The van der Waals surface area contributed by atoms with E-state index < -0.39 is 0 Å². The lowest BCUT2D eigenvalue weighted by Crippen LogP contribution is -2.46. The number of nitrogens with zero attached hydrogens (tertiary/aromatic N) is 1. The van der Waals surface area contributed by atoms with Gasteiger partial charge in [0.05, 0.1) is 0 Å². The van der Waals surface area contributed by atoms with Crippen molar-refractivity contribution in [1.82, 2.24) is 4.90 Å². The van der Waals surface area contributed by atoms with Gasteiger partial charge in [-0.15, -0.1) is 0 Å². The lowest BCUT2D eigenvalue weighted by Gasteiger charge is -2.33. The van der Waals surface area contributed by atoms with Crippen LogP contribution in [-0.4, -0.2) is 30.6 Å². The summed E-state index contributed by atoms with van der Waals surface area (Å²) in [7, 11) is 2.15. The maximum absolute atomic E-state index is 6.10. The smallest absolute Gasteiger partial charge is 0.0217 e. The van der Waals surface area contributed by atoms with Gasteiger partial charge in [-0.05, 0) is 25.8 Å². The Morgan fingerprint density at radius 1 is 1.31 bits per heavy atom. The Morgan fingerprint density at radius 3 is 2.08 bits per heavy atom. The standard InChI is InChI=1S/C11H26N2/c1-7-9(2)13(6)8-10(12)11(3,4)5/h9-10H,7-8,12H2,1-6H3. The summed E-state index contributed by atoms with van der Waals surface area (Å²) in [5.41, 5.74) is 6.31. The summed E-state index contributed by atoms with van der Waals surface area (Å²) >= 11 is 0. The molecule has 0 radical (unpaired) electrons. The summed E-state index contributed by atoms with van der Waals surface area (Å²) in [5, 5.41) is 0. The van der Waals surface area contributed by atoms with Gasteiger partial charge in [0.15, 0.2) is 0 Å². The summed E-state index contributed by atoms with van der Waals surface area (Å²) < 4.78 is 0. The van der Waals surface area contributed by atoms with Gasteiger partial charge >= 0.3 is 0 Å². The van der Waals surface area contributed by atoms with Crippen molar-refractivity contribution in [3.63, 3.8) is 0 Å². The zero-order chi connectivity index (χ0) is 10.6. The van der Waals surface area contributed by atoms with E-state index in [2.05, 4.69) is 46.6 Å². The van der Waals surface area contributed by atoms with E-state index in [0.29, 0.717) is 6.04 Å². The molecule has 0 heterocycles. The van der Waals surface area contributed by atoms with Crippen LogP contribution in [0.3, 0.4) is 0 Å². The third kappa shape index (κ3) is 4.63. The van der Waals surface area contributed by atoms with Crippen molar-refractivity contribution in [3.05, 3.63) is 0 Å². The van der Waals surface area contributed by atoms with E-state index in [1.807, 2.05) is 0 Å². The molecule has 2 atom stereocenters. The highest BCUT2D eigenvalue weighted by atomic mass is 15.1. The minimum absolute atomic E-state index is 0.210. The molecule has 0 aromatic rings. The zero-order valence-electron chi connectivity index (χ0n) is 10.1. The monoisotopic (exact) mass is 186 g/mol. The fourth-order valence-electron chi connectivity index (χ4n) is 1.08. The number of nitrogens with two attached hydrogens (primary N) is 1. The number of rotatable bonds is 4. The number of hydrogen-bond acceptors (Lipinski definition) is 2. The molecule has 0 aliphatic carbocycles. The molecule has 2 N–H and O–H groups in total. The number of hydrogen-bond donors (Lipinski definition) is 1. The molecular formula is C11H26N2. The van der Waals surface area contributed by atoms with Crippen LogP contribution < -0.4 is 5.73 Å². The quantitative estimate of drug-likeness (QED) is 0.728. The van der Waals surface area contributed by atoms with Gasteiger partial charge in [-0.25, -0.2) is 0 Å². The molecule has 2 nitrogen and oxygen atoms in total. The Morgan fingerprint density at radius 2 is 1.77 bits per heavy atom. The molecular weight excluding hydrogens is 160 g/mol. The average Bonchev–Trinajstić information content (AvgIpc) is 2.01. The predicted molar refractivity (Wildman–Crippen MR) is 59.8 cm³/mol. The van der Waals surface area contributed by atoms with Crippen LogP contribution in [0.2, 0.25) is 0 Å². The van der Waals surface area contributed by atoms with Crippen LogP contribution in [0.5, 0.6) is 0 Å². The fraction of sp³-hybridized carbons (Fsp3) is 1.00. The van der Waals surface area contributed by atoms with Crippen LogP contribution in [0.25, 0.3) is 0 Å². The topological polar surface area (TPSA) is 29.3 Å². The molecule has 0 fully saturated rings. The Labute approximate surface area is 83.5 Å². The molecule has 0 saturated heterocycles. The number of likely N-dealkylation sites (N-methyl/N-ethyl adjacent to an activating group) is 1. The van der Waals surface area contributed by atoms with E-state index in [-0.39, 0.29) is 11.5 Å². The second-order valence-corrected chi connectivity index (χ2v) is 5.17. The third-order valence-corrected chi connectivity index (χ3v) is 2.94. The lowest BCUT2D eigenvalue weighted by atomic mass is 9.87. The normalized spacial score (nSPS) is 17.5. The Kier molecular flexibility index (Phi) is 4.93. The van der Waals surface area contributed by atoms with Crippen molar-refractivity contribution in [2.45, 2.75) is 53.1 Å². The highest BCUT2D eigenvalue weighted by Gasteiger charge is 2.22. The highest BCUT2D eigenvalue weighted by Crippen LogP contribution is 2.18. The van der Waals surface area contributed by atoms with Crippen LogP contribution in [0, 0.1) is 5.41 Å². The molecule has 0 aliphatic heterocycles. The van der Waals surface area contributed by atoms with Gasteiger partial charge in [0.2, 0.25) is 0 Å². The first-order chi connectivity index (χ1) is 5.79. The van der Waals surface area contributed by atoms with Crippen molar-refractivity contribution in [3.8, 4) is 0 Å². The Hall–Kier alpha value is -0.0800. The van der Waals surface area contributed by atoms with Crippen molar-refractivity contribution in [1.29, 1.82) is 0 Å². The summed E-state index contributed by atoms with van der Waals surface area (Å²) in [6.07, 6.45) is 1.19. The molecule has 0 rings (SSSR count). The van der Waals surface area contributed by atoms with Crippen molar-refractivity contribution in [2.24, 2.45) is 11.1 Å². The summed E-state index contributed by atoms with van der Waals surface area (Å²) in [6.45, 7) is 12.0. The Balaban J connectivity index is 3.98. The Bertz CT molecular complexity index is 138. The van der Waals surface area contributed by atoms with Crippen molar-refractivity contribution < 1.29 is 0 Å². The predicted octanol–water partition coefficient (Wildman–Crippen LogP) is 2.09. The SMILES string of the molecule is CCC(C)N(C)CC(N)C(C)(C)C. The van der Waals surface area contributed by atoms with Gasteiger partial charge in [0.1, 0.15) is 0 Å². The van der Waals surface area contributed by atoms with Gasteiger partial charge in [-0.3, -0.25) is 0 Å². The summed E-state index contributed by atoms with van der Waals surface area (Å²) in [6, 6.07) is 0.889. The van der Waals surface area contributed by atoms with Gasteiger partial charge in [0.25, 0.3) is 0 Å². The van der Waals surface area contributed by atoms with E-state index in [4.69, 9.17) is 5.73 Å². The first kappa shape index (κ1) is 12.9. The summed E-state index contributed by atoms with van der Waals surface area (Å²) in [5.74, 6) is 0. The molecule has 0 spiro atoms.